The Balaban J connectivity index is 1.44. The van der Waals surface area contributed by atoms with E-state index in [1.54, 1.807) is 18.2 Å². The minimum Gasteiger partial charge on any atom is -0.503 e. The van der Waals surface area contributed by atoms with E-state index in [0.29, 0.717) is 21.3 Å². The van der Waals surface area contributed by atoms with Gasteiger partial charge in [0.2, 0.25) is 11.8 Å². The first-order chi connectivity index (χ1) is 24.4. The van der Waals surface area contributed by atoms with Crippen LogP contribution in [0.1, 0.15) is 48.3 Å². The highest BCUT2D eigenvalue weighted by Crippen LogP contribution is 2.65. The van der Waals surface area contributed by atoms with E-state index in [-0.39, 0.29) is 54.1 Å². The van der Waals surface area contributed by atoms with Crippen LogP contribution < -0.4 is 10.2 Å². The zero-order valence-corrected chi connectivity index (χ0v) is 30.9. The number of nitrogens with zero attached hydrogens (tertiary/aromatic N) is 2. The first-order valence-corrected chi connectivity index (χ1v) is 18.3. The van der Waals surface area contributed by atoms with Gasteiger partial charge in [0.15, 0.2) is 11.5 Å². The van der Waals surface area contributed by atoms with Crippen LogP contribution in [0.5, 0.6) is 11.5 Å². The van der Waals surface area contributed by atoms with Crippen LogP contribution in [-0.2, 0) is 29.4 Å². The summed E-state index contributed by atoms with van der Waals surface area (Å²) in [4.78, 5) is 70.4. The third-order valence-corrected chi connectivity index (χ3v) is 13.1. The molecule has 3 fully saturated rings. The maximum absolute atomic E-state index is 15.3. The van der Waals surface area contributed by atoms with Gasteiger partial charge in [0.25, 0.3) is 11.8 Å². The fourth-order valence-corrected chi connectivity index (χ4v) is 9.70. The number of ether oxygens (including phenoxy) is 1. The van der Waals surface area contributed by atoms with Gasteiger partial charge >= 0.3 is 5.97 Å². The average molecular weight is 822 g/mol. The lowest BCUT2D eigenvalue weighted by Crippen LogP contribution is -2.53. The Morgan fingerprint density at radius 1 is 0.980 bits per heavy atom. The van der Waals surface area contributed by atoms with E-state index in [4.69, 9.17) is 4.74 Å². The first kappa shape index (κ1) is 34.9. The summed E-state index contributed by atoms with van der Waals surface area (Å²) in [5, 5.41) is 21.2. The Bertz CT molecular complexity index is 2000. The Labute approximate surface area is 310 Å². The molecule has 0 spiro atoms. The lowest BCUT2D eigenvalue weighted by Gasteiger charge is -2.51. The molecule has 4 amide bonds. The third-order valence-electron chi connectivity index (χ3n) is 11.0. The summed E-state index contributed by atoms with van der Waals surface area (Å²) in [6, 6.07) is 18.1. The molecule has 2 heterocycles. The second-order valence-corrected chi connectivity index (χ2v) is 15.1. The van der Waals surface area contributed by atoms with Gasteiger partial charge in [-0.1, -0.05) is 59.7 Å². The highest BCUT2D eigenvalue weighted by molar-refractivity contribution is 9.13. The molecule has 3 aromatic carbocycles. The predicted molar refractivity (Wildman–Crippen MR) is 192 cm³/mol. The van der Waals surface area contributed by atoms with Gasteiger partial charge in [-0.25, -0.2) is 0 Å². The molecule has 51 heavy (non-hydrogen) atoms. The molecule has 0 radical (unpaired) electrons. The molecular formula is C38H35Br2N3O8. The van der Waals surface area contributed by atoms with Crippen LogP contribution in [-0.4, -0.2) is 63.4 Å². The predicted octanol–water partition coefficient (Wildman–Crippen LogP) is 6.08. The second kappa shape index (κ2) is 13.2. The van der Waals surface area contributed by atoms with Crippen LogP contribution in [0.2, 0.25) is 0 Å². The number of benzene rings is 3. The summed E-state index contributed by atoms with van der Waals surface area (Å²) in [5.41, 5.74) is 5.01. The monoisotopic (exact) mass is 819 g/mol. The summed E-state index contributed by atoms with van der Waals surface area (Å²) in [6.07, 6.45) is 2.22. The third kappa shape index (κ3) is 5.38. The number of carboxylic acid groups (broad SMARTS) is 1. The van der Waals surface area contributed by atoms with Gasteiger partial charge < -0.3 is 14.9 Å². The molecule has 3 N–H and O–H groups in total. The van der Waals surface area contributed by atoms with Crippen molar-refractivity contribution in [2.45, 2.75) is 43.9 Å². The summed E-state index contributed by atoms with van der Waals surface area (Å²) >= 11 is 7.18. The van der Waals surface area contributed by atoms with E-state index in [1.807, 2.05) is 55.5 Å². The van der Waals surface area contributed by atoms with Crippen LogP contribution >= 0.6 is 31.9 Å². The normalized spacial score (nSPS) is 26.8. The van der Waals surface area contributed by atoms with Crippen molar-refractivity contribution in [2.75, 3.05) is 19.1 Å². The summed E-state index contributed by atoms with van der Waals surface area (Å²) in [7, 11) is 1.42. The molecule has 7 rings (SSSR count). The molecule has 264 valence electrons. The van der Waals surface area contributed by atoms with Gasteiger partial charge in [-0.2, -0.15) is 5.01 Å². The van der Waals surface area contributed by atoms with Gasteiger partial charge in [0.1, 0.15) is 0 Å². The van der Waals surface area contributed by atoms with Crippen LogP contribution in [0, 0.1) is 30.6 Å². The molecule has 0 bridgehead atoms. The number of hydrogen-bond donors (Lipinski definition) is 3. The minimum atomic E-state index is -1.51. The molecular weight excluding hydrogens is 786 g/mol. The number of aryl methyl sites for hydroxylation is 1. The minimum absolute atomic E-state index is 0.0147. The van der Waals surface area contributed by atoms with E-state index >= 15 is 4.79 Å². The number of aromatic hydroxyl groups is 1. The summed E-state index contributed by atoms with van der Waals surface area (Å²) < 4.78 is 6.31. The Kier molecular flexibility index (Phi) is 9.07. The van der Waals surface area contributed by atoms with Crippen molar-refractivity contribution in [1.29, 1.82) is 0 Å². The van der Waals surface area contributed by atoms with E-state index in [0.717, 1.165) is 16.1 Å². The zero-order valence-electron chi connectivity index (χ0n) is 27.8. The molecule has 4 aliphatic rings. The zero-order chi connectivity index (χ0) is 36.4. The van der Waals surface area contributed by atoms with Crippen LogP contribution in [0.3, 0.4) is 0 Å². The first-order valence-electron chi connectivity index (χ1n) is 16.7. The lowest BCUT2D eigenvalue weighted by molar-refractivity contribution is -0.142. The van der Waals surface area contributed by atoms with Crippen LogP contribution in [0.4, 0.5) is 5.69 Å². The van der Waals surface area contributed by atoms with Gasteiger partial charge in [-0.3, -0.25) is 34.3 Å². The number of anilines is 1. The number of phenolic OH excluding ortho intramolecular Hbond substituents is 1. The number of phenols is 1. The number of methoxy groups -OCH3 is 1. The fourth-order valence-electron chi connectivity index (χ4n) is 8.74. The van der Waals surface area contributed by atoms with Gasteiger partial charge in [-0.05, 0) is 93.3 Å². The number of likely N-dealkylation sites (tertiary alicyclic amines) is 1. The number of amides is 4. The fraction of sp³-hybridized carbons (Fsp3) is 0.342. The molecule has 11 nitrogen and oxygen atoms in total. The highest BCUT2D eigenvalue weighted by atomic mass is 79.9. The molecule has 2 aliphatic carbocycles. The standard InChI is InChI=1S/C38H35Br2N3O8/c1-19-10-12-21(13-11-19)41-43-35(48)26-17-24-22(14-15-23-29(24)36(49)42(34(23)47)16-6-9-28(44)45)30(25-18-27(51-2)33(46)32(40)31(25)39)38(26,37(43)50)20-7-4-3-5-8-20/h3-5,7-8,10-14,18,23-24,26,29-30,41,46H,6,9,15-17H2,1-2H3,(H,44,45)/t23-,24+,26-,29-,30+,38+/m0/s1. The Morgan fingerprint density at radius 2 is 1.69 bits per heavy atom. The maximum atomic E-state index is 15.3. The number of fused-ring (bicyclic) bond motifs is 4. The number of carboxylic acids is 1. The number of carbonyl (C=O) groups is 5. The van der Waals surface area contributed by atoms with E-state index in [2.05, 4.69) is 37.3 Å². The van der Waals surface area contributed by atoms with E-state index < -0.39 is 58.7 Å². The van der Waals surface area contributed by atoms with Crippen molar-refractivity contribution < 1.29 is 38.9 Å². The van der Waals surface area contributed by atoms with E-state index in [9.17, 15) is 29.4 Å². The molecule has 0 unspecified atom stereocenters. The number of hydrogen-bond acceptors (Lipinski definition) is 8. The number of hydrazine groups is 1. The van der Waals surface area contributed by atoms with Crippen molar-refractivity contribution in [1.82, 2.24) is 9.91 Å². The van der Waals surface area contributed by atoms with Gasteiger partial charge in [0, 0.05) is 23.4 Å². The highest BCUT2D eigenvalue weighted by Gasteiger charge is 2.70. The van der Waals surface area contributed by atoms with Crippen LogP contribution in [0.25, 0.3) is 0 Å². The summed E-state index contributed by atoms with van der Waals surface area (Å²) in [5.74, 6) is -6.63. The van der Waals surface area contributed by atoms with Gasteiger partial charge in [0.05, 0.1) is 40.4 Å². The summed E-state index contributed by atoms with van der Waals surface area (Å²) in [6.45, 7) is 1.92. The van der Waals surface area contributed by atoms with Crippen LogP contribution in [0.15, 0.2) is 81.3 Å². The number of rotatable bonds is 9. The lowest BCUT2D eigenvalue weighted by atomic mass is 9.49. The molecule has 13 heteroatoms. The number of carbonyl (C=O) groups excluding carboxylic acids is 4. The smallest absolute Gasteiger partial charge is 0.303 e. The topological polar surface area (TPSA) is 154 Å². The molecule has 6 atom stereocenters. The maximum Gasteiger partial charge on any atom is 0.303 e. The largest absolute Gasteiger partial charge is 0.503 e. The molecule has 2 saturated heterocycles. The number of nitrogens with one attached hydrogen (secondary N) is 1. The van der Waals surface area contributed by atoms with Crippen molar-refractivity contribution in [2.24, 2.45) is 23.7 Å². The second-order valence-electron chi connectivity index (χ2n) is 13.6. The Morgan fingerprint density at radius 3 is 2.35 bits per heavy atom. The van der Waals surface area contributed by atoms with Crippen molar-refractivity contribution in [3.05, 3.63) is 97.9 Å². The quantitative estimate of drug-likeness (QED) is 0.172. The van der Waals surface area contributed by atoms with Gasteiger partial charge in [-0.15, -0.1) is 0 Å². The molecule has 0 aromatic heterocycles. The van der Waals surface area contributed by atoms with Crippen molar-refractivity contribution in [3.8, 4) is 11.5 Å². The SMILES string of the molecule is COc1cc([C@H]2C3=CC[C@@H]4C(=O)N(CCCC(=O)O)C(=O)[C@@H]4[C@@H]3C[C@H]3C(=O)N(Nc4ccc(C)cc4)C(=O)[C@@]23c2ccccc2)c(Br)c(Br)c1O. The Hall–Kier alpha value is -4.49. The number of imide groups is 2. The molecule has 2 aliphatic heterocycles. The van der Waals surface area contributed by atoms with Crippen molar-refractivity contribution >= 4 is 67.1 Å². The number of halogens is 2. The average Bonchev–Trinajstić information content (AvgIpc) is 3.49. The molecule has 1 saturated carbocycles. The molecule has 3 aromatic rings. The number of allylic oxidation sites excluding steroid dienone is 2. The number of aliphatic carboxylic acids is 1. The van der Waals surface area contributed by atoms with E-state index in [1.165, 1.54) is 12.0 Å². The van der Waals surface area contributed by atoms with Crippen molar-refractivity contribution in [3.63, 3.8) is 0 Å².